The maximum atomic E-state index is 12.3. The van der Waals surface area contributed by atoms with Crippen molar-refractivity contribution < 1.29 is 46.5 Å². The number of halogens is 2. The van der Waals surface area contributed by atoms with Gasteiger partial charge in [0.15, 0.2) is 5.78 Å². The summed E-state index contributed by atoms with van der Waals surface area (Å²) in [4.78, 5) is 45.4. The Kier molecular flexibility index (Phi) is 25.4. The predicted molar refractivity (Wildman–Crippen MR) is 303 cm³/mol. The Labute approximate surface area is 489 Å². The van der Waals surface area contributed by atoms with Crippen LogP contribution >= 0.6 is 23.2 Å². The van der Waals surface area contributed by atoms with Gasteiger partial charge in [0.25, 0.3) is 10.1 Å². The zero-order valence-electron chi connectivity index (χ0n) is 44.7. The molecule has 0 amide bonds. The number of aromatic carboxylic acids is 1. The number of nitriles is 2. The van der Waals surface area contributed by atoms with E-state index in [1.165, 1.54) is 30.5 Å². The molecule has 2 atom stereocenters. The summed E-state index contributed by atoms with van der Waals surface area (Å²) in [5.74, 6) is -0.801. The molecule has 0 aliphatic carbocycles. The number of nitrogens with zero attached hydrogens (tertiary/aromatic N) is 12. The second-order valence-electron chi connectivity index (χ2n) is 18.8. The summed E-state index contributed by atoms with van der Waals surface area (Å²) >= 11 is 12.6. The monoisotopic (exact) mass is 1140 g/mol. The summed E-state index contributed by atoms with van der Waals surface area (Å²) in [6.07, 6.45) is 15.0. The normalized spacial score (nSPS) is 14.4. The topological polar surface area (TPSA) is 303 Å². The largest absolute Gasteiger partial charge is 1.00 e. The van der Waals surface area contributed by atoms with Crippen LogP contribution in [0, 0.1) is 35.5 Å². The van der Waals surface area contributed by atoms with E-state index in [0.717, 1.165) is 74.4 Å². The van der Waals surface area contributed by atoms with Gasteiger partial charge in [0.1, 0.15) is 0 Å². The molecule has 4 aromatic heterocycles. The molecule has 0 spiro atoms. The summed E-state index contributed by atoms with van der Waals surface area (Å²) in [5.41, 5.74) is 10.7. The van der Waals surface area contributed by atoms with Gasteiger partial charge in [-0.1, -0.05) is 96.9 Å². The first kappa shape index (κ1) is 65.4. The molecule has 80 heavy (non-hydrogen) atoms. The third kappa shape index (κ3) is 19.6. The number of likely N-dealkylation sites (tertiary alicyclic amines) is 2. The molecule has 5 N–H and O–H groups in total. The molecule has 7 aromatic rings. The smallest absolute Gasteiger partial charge is 0.545 e. The molecule has 2 aliphatic rings. The van der Waals surface area contributed by atoms with Crippen LogP contribution in [0.15, 0.2) is 115 Å². The van der Waals surface area contributed by atoms with Crippen LogP contribution in [0.4, 0.5) is 23.3 Å². The van der Waals surface area contributed by atoms with Gasteiger partial charge >= 0.3 is 18.9 Å². The number of carbonyl (C=O) groups excluding carboxylic acids is 2. The Morgan fingerprint density at radius 3 is 1.49 bits per heavy atom. The Morgan fingerprint density at radius 1 is 0.725 bits per heavy atom. The van der Waals surface area contributed by atoms with Crippen LogP contribution in [0.25, 0.3) is 22.5 Å². The molecule has 3 aromatic carbocycles. The van der Waals surface area contributed by atoms with Gasteiger partial charge in [-0.3, -0.25) is 18.7 Å². The summed E-state index contributed by atoms with van der Waals surface area (Å²) in [6.45, 7) is 9.48. The van der Waals surface area contributed by atoms with Gasteiger partial charge in [-0.05, 0) is 104 Å². The van der Waals surface area contributed by atoms with Crippen molar-refractivity contribution in [2.75, 3.05) is 50.9 Å². The molecule has 2 aliphatic heterocycles. The molecule has 2 saturated heterocycles. The van der Waals surface area contributed by atoms with Crippen LogP contribution in [-0.4, -0.2) is 120 Å². The average Bonchev–Trinajstić information content (AvgIpc) is 4.11. The van der Waals surface area contributed by atoms with Crippen molar-refractivity contribution >= 4 is 68.3 Å². The summed E-state index contributed by atoms with van der Waals surface area (Å²) in [6, 6.07) is 23.6. The third-order valence-corrected chi connectivity index (χ3v) is 13.9. The number of hydrogen-bond donors (Lipinski definition) is 4. The van der Waals surface area contributed by atoms with Crippen LogP contribution in [0.3, 0.4) is 0 Å². The second-order valence-corrected chi connectivity index (χ2v) is 21.1. The summed E-state index contributed by atoms with van der Waals surface area (Å²) in [7, 11) is 0.254. The quantitative estimate of drug-likeness (QED) is 0.0598. The third-order valence-electron chi connectivity index (χ3n) is 12.4. The molecule has 0 bridgehead atoms. The number of piperidine rings is 2. The van der Waals surface area contributed by atoms with E-state index in [0.29, 0.717) is 56.5 Å². The second kappa shape index (κ2) is 31.1. The molecule has 2 fully saturated rings. The summed E-state index contributed by atoms with van der Waals surface area (Å²) in [5, 5.41) is 43.8. The predicted octanol–water partition coefficient (Wildman–Crippen LogP) is 5.84. The Hall–Kier alpha value is -7.07. The SMILES string of the molecule is C.CN1CCC(n2cc(Nc3ncc(Cl)c(-c4ccc(C(=O)[O-])cc4)n3)cn2)CC1.C[C@@H](N)C#N.C[C@H](C#N)CC(=O)c1ccc(-c2nc(Nc3cnn(C4CCN(C)CC4)c3)ncc2Cl)cc1.Cc1ccc(S(=O)(=O)O)cc1.[Li+]. The first-order valence-electron chi connectivity index (χ1n) is 24.8. The zero-order chi connectivity index (χ0) is 56.5. The fourth-order valence-electron chi connectivity index (χ4n) is 7.97. The zero-order valence-corrected chi connectivity index (χ0v) is 47.0. The number of ketones is 1. The Bertz CT molecular complexity index is 3320. The number of carbonyl (C=O) groups is 2. The van der Waals surface area contributed by atoms with E-state index in [1.54, 1.807) is 87.0 Å². The van der Waals surface area contributed by atoms with Crippen molar-refractivity contribution in [2.45, 2.75) is 83.3 Å². The van der Waals surface area contributed by atoms with Gasteiger partial charge in [-0.25, -0.2) is 19.9 Å². The fraction of sp³-hybridized carbons (Fsp3) is 0.345. The minimum Gasteiger partial charge on any atom is -0.545 e. The number of benzene rings is 3. The van der Waals surface area contributed by atoms with Gasteiger partial charge in [-0.2, -0.15) is 29.1 Å². The van der Waals surface area contributed by atoms with E-state index in [1.807, 2.05) is 28.7 Å². The molecule has 6 heterocycles. The first-order chi connectivity index (χ1) is 37.2. The number of hydrogen-bond acceptors (Lipinski definition) is 18. The molecular weight excluding hydrogens is 1080 g/mol. The van der Waals surface area contributed by atoms with Crippen molar-refractivity contribution in [1.82, 2.24) is 49.3 Å². The average molecular weight is 1140 g/mol. The molecule has 0 unspecified atom stereocenters. The van der Waals surface area contributed by atoms with E-state index in [-0.39, 0.29) is 60.9 Å². The van der Waals surface area contributed by atoms with Crippen LogP contribution in [0.2, 0.25) is 10.0 Å². The number of Topliss-reactive ketones (excluding diaryl/α,β-unsaturated/α-hetero) is 1. The molecule has 21 nitrogen and oxygen atoms in total. The van der Waals surface area contributed by atoms with E-state index in [2.05, 4.69) is 70.7 Å². The maximum Gasteiger partial charge on any atom is 1.00 e. The first-order valence-corrected chi connectivity index (χ1v) is 27.0. The van der Waals surface area contributed by atoms with Crippen LogP contribution in [0.5, 0.6) is 0 Å². The van der Waals surface area contributed by atoms with Crippen molar-refractivity contribution in [1.29, 1.82) is 10.5 Å². The number of nitrogens with two attached hydrogens (primary N) is 1. The standard InChI is InChI=1S/C24H26ClN7O.C20H21ClN6O2.C7H8O3S.C3H6N2.CH4.Li/c1-16(12-26)11-22(33)17-3-5-18(6-4-17)23-21(25)14-27-24(30-23)29-19-13-28-32(15-19)20-7-9-31(2)10-8-20;1-26-8-6-16(7-9-26)27-12-15(10-23-27)24-20-22-11-17(21)18(25-20)13-2-4-14(5-3-13)19(28)29;1-6-2-4-7(5-3-6)11(8,9)10;1-3(5)2-4;;/h3-6,13-16,20H,7-11H2,1-2H3,(H,27,29,30);2-5,10-12,16H,6-9H2,1H3,(H,28,29)(H,22,24,25);2-5H,1H3,(H,8,9,10);3H,5H2,1H3;1H4;/q;;;;;+1/p-1/t16-;;;3-;;/m0..1../s1. The Morgan fingerprint density at radius 2 is 1.12 bits per heavy atom. The number of nitrogens with one attached hydrogen (secondary N) is 2. The minimum absolute atomic E-state index is 0. The fourth-order valence-corrected chi connectivity index (χ4v) is 8.85. The van der Waals surface area contributed by atoms with E-state index in [4.69, 9.17) is 44.0 Å². The number of anilines is 4. The van der Waals surface area contributed by atoms with Crippen LogP contribution < -0.4 is 40.3 Å². The van der Waals surface area contributed by atoms with Gasteiger partial charge < -0.3 is 36.1 Å². The summed E-state index contributed by atoms with van der Waals surface area (Å²) < 4.78 is 33.6. The van der Waals surface area contributed by atoms with Gasteiger partial charge in [-0.15, -0.1) is 0 Å². The minimum atomic E-state index is -4.02. The maximum absolute atomic E-state index is 12.3. The van der Waals surface area contributed by atoms with Gasteiger partial charge in [0.2, 0.25) is 11.9 Å². The Balaban J connectivity index is 0.000000267. The van der Waals surface area contributed by atoms with Crippen molar-refractivity contribution in [2.24, 2.45) is 11.7 Å². The number of carboxylic acids is 1. The van der Waals surface area contributed by atoms with Gasteiger partial charge in [0, 0.05) is 35.5 Å². The van der Waals surface area contributed by atoms with E-state index in [9.17, 15) is 23.1 Å². The van der Waals surface area contributed by atoms with Crippen molar-refractivity contribution in [3.8, 4) is 34.7 Å². The molecule has 416 valence electrons. The molecule has 25 heteroatoms. The van der Waals surface area contributed by atoms with E-state index >= 15 is 0 Å². The van der Waals surface area contributed by atoms with E-state index < -0.39 is 16.1 Å². The number of carboxylic acid groups (broad SMARTS) is 1. The molecule has 0 saturated carbocycles. The molecule has 0 radical (unpaired) electrons. The number of rotatable bonds is 13. The molecular formula is C55H64Cl2LiN15O6S. The van der Waals surface area contributed by atoms with Crippen LogP contribution in [0.1, 0.15) is 91.7 Å². The van der Waals surface area contributed by atoms with Crippen molar-refractivity contribution in [3.63, 3.8) is 0 Å². The van der Waals surface area contributed by atoms with Crippen molar-refractivity contribution in [3.05, 3.63) is 137 Å². The van der Waals surface area contributed by atoms with Crippen LogP contribution in [-0.2, 0) is 10.1 Å². The number of aromatic nitrogens is 8. The number of aryl methyl sites for hydroxylation is 1. The van der Waals surface area contributed by atoms with Gasteiger partial charge in [0.05, 0.1) is 105 Å². The molecule has 9 rings (SSSR count).